The van der Waals surface area contributed by atoms with Gasteiger partial charge in [-0.2, -0.15) is 0 Å². The maximum absolute atomic E-state index is 2.46. The summed E-state index contributed by atoms with van der Waals surface area (Å²) in [5.74, 6) is 0. The van der Waals surface area contributed by atoms with Gasteiger partial charge in [0.25, 0.3) is 0 Å². The van der Waals surface area contributed by atoms with Crippen LogP contribution in [0.15, 0.2) is 279 Å². The third kappa shape index (κ3) is 7.03. The van der Waals surface area contributed by atoms with Crippen LogP contribution >= 0.6 is 0 Å². The molecule has 0 bridgehead atoms. The maximum Gasteiger partial charge on any atom is 0.0547 e. The molecule has 0 saturated carbocycles. The maximum atomic E-state index is 2.46. The molecule has 336 valence electrons. The van der Waals surface area contributed by atoms with Crippen molar-refractivity contribution < 1.29 is 0 Å². The Morgan fingerprint density at radius 2 is 0.764 bits per heavy atom. The second-order valence-corrected chi connectivity index (χ2v) is 18.9. The monoisotopic (exact) mass is 914 g/mol. The molecule has 2 nitrogen and oxygen atoms in total. The number of anilines is 3. The highest BCUT2D eigenvalue weighted by Crippen LogP contribution is 2.45. The first-order chi connectivity index (χ1) is 35.7. The summed E-state index contributed by atoms with van der Waals surface area (Å²) in [5, 5.41) is 12.3. The van der Waals surface area contributed by atoms with Crippen LogP contribution in [0.4, 0.5) is 17.1 Å². The first kappa shape index (κ1) is 41.5. The van der Waals surface area contributed by atoms with Gasteiger partial charge in [0, 0.05) is 33.2 Å². The summed E-state index contributed by atoms with van der Waals surface area (Å²) in [7, 11) is 0. The lowest BCUT2D eigenvalue weighted by atomic mass is 9.92. The molecule has 0 aliphatic heterocycles. The minimum absolute atomic E-state index is 1.07. The highest BCUT2D eigenvalue weighted by molar-refractivity contribution is 6.14. The molecule has 0 unspecified atom stereocenters. The smallest absolute Gasteiger partial charge is 0.0547 e. The van der Waals surface area contributed by atoms with E-state index in [0.717, 1.165) is 33.9 Å². The molecular formula is C70H46N2. The topological polar surface area (TPSA) is 8.17 Å². The zero-order chi connectivity index (χ0) is 47.5. The van der Waals surface area contributed by atoms with Crippen molar-refractivity contribution >= 4 is 82.0 Å². The molecule has 2 heteroatoms. The van der Waals surface area contributed by atoms with E-state index in [-0.39, 0.29) is 0 Å². The Bertz CT molecular complexity index is 4380. The Kier molecular flexibility index (Phi) is 9.89. The molecule has 0 spiro atoms. The van der Waals surface area contributed by atoms with Gasteiger partial charge in [0.2, 0.25) is 0 Å². The zero-order valence-corrected chi connectivity index (χ0v) is 39.5. The van der Waals surface area contributed by atoms with Gasteiger partial charge in [-0.05, 0) is 149 Å². The Morgan fingerprint density at radius 1 is 0.236 bits per heavy atom. The fourth-order valence-electron chi connectivity index (χ4n) is 11.3. The van der Waals surface area contributed by atoms with Gasteiger partial charge >= 0.3 is 0 Å². The summed E-state index contributed by atoms with van der Waals surface area (Å²) in [6.45, 7) is 0. The van der Waals surface area contributed by atoms with E-state index in [9.17, 15) is 0 Å². The molecule has 0 N–H and O–H groups in total. The largest absolute Gasteiger partial charge is 0.310 e. The first-order valence-electron chi connectivity index (χ1n) is 24.8. The van der Waals surface area contributed by atoms with E-state index in [2.05, 4.69) is 289 Å². The first-order valence-corrected chi connectivity index (χ1v) is 24.8. The number of para-hydroxylation sites is 1. The van der Waals surface area contributed by atoms with E-state index < -0.39 is 0 Å². The predicted molar refractivity (Wildman–Crippen MR) is 307 cm³/mol. The Morgan fingerprint density at radius 3 is 1.50 bits per heavy atom. The molecule has 14 rings (SSSR count). The van der Waals surface area contributed by atoms with Gasteiger partial charge in [-0.3, -0.25) is 0 Å². The molecule has 14 aromatic rings. The highest BCUT2D eigenvalue weighted by Gasteiger charge is 2.21. The number of rotatable bonds is 8. The number of nitrogens with zero attached hydrogens (tertiary/aromatic N) is 2. The molecular weight excluding hydrogens is 869 g/mol. The average molecular weight is 915 g/mol. The third-order valence-electron chi connectivity index (χ3n) is 14.7. The van der Waals surface area contributed by atoms with Crippen LogP contribution in [-0.2, 0) is 0 Å². The number of aromatic nitrogens is 1. The zero-order valence-electron chi connectivity index (χ0n) is 39.5. The fourth-order valence-corrected chi connectivity index (χ4v) is 11.3. The van der Waals surface area contributed by atoms with E-state index in [4.69, 9.17) is 0 Å². The van der Waals surface area contributed by atoms with Crippen LogP contribution in [-0.4, -0.2) is 4.57 Å². The number of hydrogen-bond donors (Lipinski definition) is 0. The van der Waals surface area contributed by atoms with E-state index in [1.807, 2.05) is 0 Å². The van der Waals surface area contributed by atoms with Crippen LogP contribution in [0.2, 0.25) is 0 Å². The van der Waals surface area contributed by atoms with Gasteiger partial charge in [-0.25, -0.2) is 0 Å². The van der Waals surface area contributed by atoms with E-state index >= 15 is 0 Å². The van der Waals surface area contributed by atoms with Crippen molar-refractivity contribution in [2.45, 2.75) is 0 Å². The molecule has 0 amide bonds. The molecule has 13 aromatic carbocycles. The van der Waals surface area contributed by atoms with E-state index in [1.54, 1.807) is 0 Å². The molecule has 0 atom stereocenters. The van der Waals surface area contributed by atoms with Gasteiger partial charge < -0.3 is 9.47 Å². The van der Waals surface area contributed by atoms with Crippen LogP contribution in [0.1, 0.15) is 0 Å². The van der Waals surface area contributed by atoms with Crippen molar-refractivity contribution in [3.05, 3.63) is 279 Å². The Hall–Kier alpha value is -9.50. The molecule has 0 aliphatic rings. The molecule has 0 aliphatic carbocycles. The molecule has 1 heterocycles. The number of hydrogen-bond acceptors (Lipinski definition) is 1. The second kappa shape index (κ2) is 17.2. The van der Waals surface area contributed by atoms with Crippen molar-refractivity contribution in [2.24, 2.45) is 0 Å². The van der Waals surface area contributed by atoms with Crippen molar-refractivity contribution in [2.75, 3.05) is 4.90 Å². The lowest BCUT2D eigenvalue weighted by Crippen LogP contribution is -2.11. The van der Waals surface area contributed by atoms with E-state index in [0.29, 0.717) is 0 Å². The average Bonchev–Trinajstić information content (AvgIpc) is 3.77. The third-order valence-corrected chi connectivity index (χ3v) is 14.7. The lowest BCUT2D eigenvalue weighted by molar-refractivity contribution is 1.18. The van der Waals surface area contributed by atoms with Gasteiger partial charge in [0.15, 0.2) is 0 Å². The summed E-state index contributed by atoms with van der Waals surface area (Å²) in [6.07, 6.45) is 0. The van der Waals surface area contributed by atoms with E-state index in [1.165, 1.54) is 98.3 Å². The van der Waals surface area contributed by atoms with Crippen LogP contribution in [0.25, 0.3) is 115 Å². The SMILES string of the molecule is c1ccc(-c2cc(-c3ccc(N(c4cccc(-c5cccc6ccccc56)c4)c4ccc(-c5cccc6ccccc56)c5ccccc45)cc3)cc(-n3c4ccccc4c4cc5ccccc5cc43)c2)cc1. The summed E-state index contributed by atoms with van der Waals surface area (Å²) < 4.78 is 2.46. The molecule has 1 aromatic heterocycles. The standard InChI is InChI=1S/C70H46N2/c1-2-17-47(18-3-1)54-41-55(44-58(43-54)72-68-34-13-12-31-66(68)67-45-51-21-4-5-22-52(51)46-70(67)72)48-35-37-56(38-36-48)71(57-26-14-25-53(42-57)61-32-15-23-49-19-6-8-27-59(49)61)69-40-39-64(63-29-10-11-30-65(63)69)62-33-16-24-50-20-7-9-28-60(50)62/h1-46H. The summed E-state index contributed by atoms with van der Waals surface area (Å²) in [4.78, 5) is 2.45. The van der Waals surface area contributed by atoms with Gasteiger partial charge in [0.05, 0.1) is 16.7 Å². The quantitative estimate of drug-likeness (QED) is 0.147. The van der Waals surface area contributed by atoms with Crippen molar-refractivity contribution in [3.8, 4) is 50.2 Å². The normalized spacial score (nSPS) is 11.6. The molecule has 0 fully saturated rings. The Balaban J connectivity index is 0.952. The summed E-state index contributed by atoms with van der Waals surface area (Å²) >= 11 is 0. The Labute approximate surface area is 418 Å². The summed E-state index contributed by atoms with van der Waals surface area (Å²) in [5.41, 5.74) is 16.3. The molecule has 0 saturated heterocycles. The second-order valence-electron chi connectivity index (χ2n) is 18.9. The number of fused-ring (bicyclic) bond motifs is 7. The van der Waals surface area contributed by atoms with Crippen LogP contribution < -0.4 is 4.90 Å². The fraction of sp³-hybridized carbons (Fsp3) is 0. The summed E-state index contributed by atoms with van der Waals surface area (Å²) in [6, 6.07) is 103. The predicted octanol–water partition coefficient (Wildman–Crippen LogP) is 19.5. The van der Waals surface area contributed by atoms with Crippen LogP contribution in [0, 0.1) is 0 Å². The van der Waals surface area contributed by atoms with Gasteiger partial charge in [-0.1, -0.05) is 212 Å². The number of benzene rings is 13. The van der Waals surface area contributed by atoms with Crippen LogP contribution in [0.3, 0.4) is 0 Å². The minimum Gasteiger partial charge on any atom is -0.310 e. The molecule has 72 heavy (non-hydrogen) atoms. The molecule has 0 radical (unpaired) electrons. The van der Waals surface area contributed by atoms with Gasteiger partial charge in [0.1, 0.15) is 0 Å². The minimum atomic E-state index is 1.07. The lowest BCUT2D eigenvalue weighted by Gasteiger charge is -2.28. The van der Waals surface area contributed by atoms with Crippen molar-refractivity contribution in [3.63, 3.8) is 0 Å². The van der Waals surface area contributed by atoms with Gasteiger partial charge in [-0.15, -0.1) is 0 Å². The van der Waals surface area contributed by atoms with Crippen LogP contribution in [0.5, 0.6) is 0 Å². The van der Waals surface area contributed by atoms with Crippen molar-refractivity contribution in [1.29, 1.82) is 0 Å². The highest BCUT2D eigenvalue weighted by atomic mass is 15.1. The van der Waals surface area contributed by atoms with Crippen molar-refractivity contribution in [1.82, 2.24) is 4.57 Å².